The van der Waals surface area contributed by atoms with Crippen LogP contribution in [0.15, 0.2) is 71.3 Å². The molecule has 25 heavy (non-hydrogen) atoms. The summed E-state index contributed by atoms with van der Waals surface area (Å²) in [5.74, 6) is 0.868. The van der Waals surface area contributed by atoms with E-state index >= 15 is 0 Å². The number of thiocarbonyl (C=S) groups is 1. The molecular weight excluding hydrogens is 352 g/mol. The molecule has 0 amide bonds. The molecule has 0 aliphatic rings. The Labute approximate surface area is 158 Å². The Morgan fingerprint density at radius 3 is 2.56 bits per heavy atom. The van der Waals surface area contributed by atoms with Crippen LogP contribution in [0.4, 0.5) is 5.69 Å². The van der Waals surface area contributed by atoms with Gasteiger partial charge in [-0.15, -0.1) is 0 Å². The van der Waals surface area contributed by atoms with E-state index in [4.69, 9.17) is 28.2 Å². The molecule has 3 rings (SSSR count). The van der Waals surface area contributed by atoms with Crippen molar-refractivity contribution in [3.8, 4) is 0 Å². The zero-order chi connectivity index (χ0) is 17.6. The third-order valence-electron chi connectivity index (χ3n) is 3.77. The maximum Gasteiger partial charge on any atom is 0.174 e. The number of nitrogens with zero attached hydrogens (tertiary/aromatic N) is 1. The first kappa shape index (κ1) is 17.5. The summed E-state index contributed by atoms with van der Waals surface area (Å²) >= 11 is 11.6. The van der Waals surface area contributed by atoms with E-state index < -0.39 is 0 Å². The predicted molar refractivity (Wildman–Crippen MR) is 107 cm³/mol. The van der Waals surface area contributed by atoms with Crippen molar-refractivity contribution in [3.05, 3.63) is 88.8 Å². The Balaban J connectivity index is 1.77. The van der Waals surface area contributed by atoms with Gasteiger partial charge in [0, 0.05) is 17.3 Å². The van der Waals surface area contributed by atoms with Crippen LogP contribution < -0.4 is 5.32 Å². The van der Waals surface area contributed by atoms with Crippen LogP contribution in [0, 0.1) is 6.92 Å². The van der Waals surface area contributed by atoms with Gasteiger partial charge < -0.3 is 14.6 Å². The highest BCUT2D eigenvalue weighted by molar-refractivity contribution is 7.80. The molecule has 1 heterocycles. The molecule has 128 valence electrons. The van der Waals surface area contributed by atoms with Crippen LogP contribution in [0.25, 0.3) is 0 Å². The first-order valence-electron chi connectivity index (χ1n) is 7.99. The van der Waals surface area contributed by atoms with E-state index in [1.807, 2.05) is 36.4 Å². The van der Waals surface area contributed by atoms with Crippen LogP contribution in [-0.2, 0) is 13.1 Å². The van der Waals surface area contributed by atoms with Gasteiger partial charge in [0.15, 0.2) is 5.11 Å². The van der Waals surface area contributed by atoms with Gasteiger partial charge in [0.1, 0.15) is 5.76 Å². The van der Waals surface area contributed by atoms with Crippen molar-refractivity contribution in [1.82, 2.24) is 4.90 Å². The monoisotopic (exact) mass is 370 g/mol. The number of halogens is 1. The molecule has 2 aromatic carbocycles. The van der Waals surface area contributed by atoms with Crippen molar-refractivity contribution in [1.29, 1.82) is 0 Å². The second-order valence-electron chi connectivity index (χ2n) is 5.86. The minimum atomic E-state index is 0.598. The Bertz CT molecular complexity index is 831. The molecule has 0 saturated carbocycles. The summed E-state index contributed by atoms with van der Waals surface area (Å²) in [7, 11) is 0. The summed E-state index contributed by atoms with van der Waals surface area (Å²) in [5.41, 5.74) is 3.34. The number of hydrogen-bond donors (Lipinski definition) is 1. The molecule has 1 aromatic heterocycles. The van der Waals surface area contributed by atoms with Gasteiger partial charge in [0.25, 0.3) is 0 Å². The van der Waals surface area contributed by atoms with E-state index in [0.717, 1.165) is 11.4 Å². The summed E-state index contributed by atoms with van der Waals surface area (Å²) < 4.78 is 5.50. The molecule has 0 saturated heterocycles. The highest BCUT2D eigenvalue weighted by Gasteiger charge is 2.13. The standard InChI is InChI=1S/C20H19ClN2OS/c1-15-4-2-5-16(12-15)13-23(14-19-6-3-11-24-19)20(25)22-18-9-7-17(21)8-10-18/h2-12H,13-14H2,1H3,(H,22,25). The van der Waals surface area contributed by atoms with Crippen LogP contribution in [-0.4, -0.2) is 10.0 Å². The van der Waals surface area contributed by atoms with Gasteiger partial charge in [-0.25, -0.2) is 0 Å². The topological polar surface area (TPSA) is 28.4 Å². The number of aryl methyl sites for hydroxylation is 1. The number of hydrogen-bond acceptors (Lipinski definition) is 2. The lowest BCUT2D eigenvalue weighted by atomic mass is 10.1. The normalized spacial score (nSPS) is 10.5. The van der Waals surface area contributed by atoms with E-state index in [-0.39, 0.29) is 0 Å². The second kappa shape index (κ2) is 8.19. The second-order valence-corrected chi connectivity index (χ2v) is 6.68. The van der Waals surface area contributed by atoms with Gasteiger partial charge in [0.05, 0.1) is 12.8 Å². The number of anilines is 1. The predicted octanol–water partition coefficient (Wildman–Crippen LogP) is 5.64. The third-order valence-corrected chi connectivity index (χ3v) is 4.38. The zero-order valence-electron chi connectivity index (χ0n) is 13.9. The lowest BCUT2D eigenvalue weighted by Crippen LogP contribution is -2.33. The zero-order valence-corrected chi connectivity index (χ0v) is 15.5. The number of furan rings is 1. The van der Waals surface area contributed by atoms with Gasteiger partial charge in [-0.1, -0.05) is 41.4 Å². The number of rotatable bonds is 5. The van der Waals surface area contributed by atoms with Crippen LogP contribution in [0.2, 0.25) is 5.02 Å². The third kappa shape index (κ3) is 5.08. The van der Waals surface area contributed by atoms with Gasteiger partial charge in [-0.3, -0.25) is 0 Å². The quantitative estimate of drug-likeness (QED) is 0.588. The number of benzene rings is 2. The average Bonchev–Trinajstić information content (AvgIpc) is 3.09. The minimum Gasteiger partial charge on any atom is -0.467 e. The van der Waals surface area contributed by atoms with E-state index in [1.165, 1.54) is 11.1 Å². The molecule has 0 aliphatic heterocycles. The lowest BCUT2D eigenvalue weighted by Gasteiger charge is -2.25. The highest BCUT2D eigenvalue weighted by atomic mass is 35.5. The molecule has 0 bridgehead atoms. The number of nitrogens with one attached hydrogen (secondary N) is 1. The first-order valence-corrected chi connectivity index (χ1v) is 8.78. The molecule has 1 N–H and O–H groups in total. The molecule has 0 fully saturated rings. The fourth-order valence-electron chi connectivity index (χ4n) is 2.56. The molecule has 3 nitrogen and oxygen atoms in total. The summed E-state index contributed by atoms with van der Waals surface area (Å²) in [6.45, 7) is 3.38. The van der Waals surface area contributed by atoms with E-state index in [0.29, 0.717) is 23.2 Å². The molecule has 3 aromatic rings. The van der Waals surface area contributed by atoms with Crippen molar-refractivity contribution < 1.29 is 4.42 Å². The Hall–Kier alpha value is -2.30. The van der Waals surface area contributed by atoms with Gasteiger partial charge >= 0.3 is 0 Å². The molecule has 0 atom stereocenters. The van der Waals surface area contributed by atoms with E-state index in [2.05, 4.69) is 41.4 Å². The van der Waals surface area contributed by atoms with Gasteiger partial charge in [-0.05, 0) is 61.1 Å². The molecular formula is C20H19ClN2OS. The van der Waals surface area contributed by atoms with E-state index in [9.17, 15) is 0 Å². The van der Waals surface area contributed by atoms with Crippen molar-refractivity contribution in [2.24, 2.45) is 0 Å². The first-order chi connectivity index (χ1) is 12.1. The Morgan fingerprint density at radius 1 is 1.08 bits per heavy atom. The maximum absolute atomic E-state index is 5.94. The summed E-state index contributed by atoms with van der Waals surface area (Å²) in [6.07, 6.45) is 1.68. The summed E-state index contributed by atoms with van der Waals surface area (Å²) in [4.78, 5) is 2.08. The van der Waals surface area contributed by atoms with Crippen LogP contribution in [0.5, 0.6) is 0 Å². The minimum absolute atomic E-state index is 0.598. The molecule has 0 radical (unpaired) electrons. The fraction of sp³-hybridized carbons (Fsp3) is 0.150. The average molecular weight is 371 g/mol. The summed E-state index contributed by atoms with van der Waals surface area (Å²) in [5, 5.41) is 4.61. The lowest BCUT2D eigenvalue weighted by molar-refractivity contribution is 0.360. The maximum atomic E-state index is 5.94. The Morgan fingerprint density at radius 2 is 1.88 bits per heavy atom. The van der Waals surface area contributed by atoms with Gasteiger partial charge in [0.2, 0.25) is 0 Å². The van der Waals surface area contributed by atoms with Crippen molar-refractivity contribution in [2.75, 3.05) is 5.32 Å². The van der Waals surface area contributed by atoms with Crippen LogP contribution in [0.3, 0.4) is 0 Å². The van der Waals surface area contributed by atoms with Crippen LogP contribution in [0.1, 0.15) is 16.9 Å². The molecule has 5 heteroatoms. The Kier molecular flexibility index (Phi) is 5.74. The highest BCUT2D eigenvalue weighted by Crippen LogP contribution is 2.17. The molecule has 0 spiro atoms. The van der Waals surface area contributed by atoms with Crippen molar-refractivity contribution in [2.45, 2.75) is 20.0 Å². The van der Waals surface area contributed by atoms with Crippen molar-refractivity contribution >= 4 is 34.6 Å². The fourth-order valence-corrected chi connectivity index (χ4v) is 2.93. The molecule has 0 aliphatic carbocycles. The largest absolute Gasteiger partial charge is 0.467 e. The van der Waals surface area contributed by atoms with Gasteiger partial charge in [-0.2, -0.15) is 0 Å². The van der Waals surface area contributed by atoms with Crippen molar-refractivity contribution in [3.63, 3.8) is 0 Å². The summed E-state index contributed by atoms with van der Waals surface area (Å²) in [6, 6.07) is 19.7. The smallest absolute Gasteiger partial charge is 0.174 e. The molecule has 0 unspecified atom stereocenters. The van der Waals surface area contributed by atoms with Crippen LogP contribution >= 0.6 is 23.8 Å². The van der Waals surface area contributed by atoms with E-state index in [1.54, 1.807) is 6.26 Å². The SMILES string of the molecule is Cc1cccc(CN(Cc2ccco2)C(=S)Nc2ccc(Cl)cc2)c1.